The molecule has 0 fully saturated rings. The number of aromatic nitrogens is 3. The van der Waals surface area contributed by atoms with Gasteiger partial charge in [0.05, 0.1) is 22.1 Å². The molecule has 9 aromatic rings. The molecule has 0 saturated heterocycles. The molecule has 0 bridgehead atoms. The van der Waals surface area contributed by atoms with Crippen molar-refractivity contribution in [2.24, 2.45) is 0 Å². The molecular formula is C43H29N3O. The average Bonchev–Trinajstić information content (AvgIpc) is 3.74. The molecule has 0 N–H and O–H groups in total. The summed E-state index contributed by atoms with van der Waals surface area (Å²) in [6, 6.07) is 49.3. The van der Waals surface area contributed by atoms with Crippen molar-refractivity contribution in [1.82, 2.24) is 14.5 Å². The maximum Gasteiger partial charge on any atom is 0.231 e. The SMILES string of the molecule is CC1(C)c2ccccc2-c2ccc3c4ccccc4n(-c4ccc(-c5nc(-c6ccccc6)c6c(n5)oc5ccccc56)cc4)c3c21. The van der Waals surface area contributed by atoms with Crippen LogP contribution in [0.15, 0.2) is 144 Å². The van der Waals surface area contributed by atoms with Gasteiger partial charge in [0.1, 0.15) is 5.58 Å². The Morgan fingerprint density at radius 1 is 0.574 bits per heavy atom. The first kappa shape index (κ1) is 26.2. The molecule has 4 heteroatoms. The van der Waals surface area contributed by atoms with Gasteiger partial charge in [-0.3, -0.25) is 0 Å². The van der Waals surface area contributed by atoms with Crippen molar-refractivity contribution in [2.45, 2.75) is 19.3 Å². The van der Waals surface area contributed by atoms with E-state index >= 15 is 0 Å². The third-order valence-electron chi connectivity index (χ3n) is 10.0. The lowest BCUT2D eigenvalue weighted by atomic mass is 9.81. The van der Waals surface area contributed by atoms with E-state index in [1.54, 1.807) is 0 Å². The summed E-state index contributed by atoms with van der Waals surface area (Å²) >= 11 is 0. The molecule has 6 aromatic carbocycles. The normalized spacial score (nSPS) is 13.5. The summed E-state index contributed by atoms with van der Waals surface area (Å²) in [6.45, 7) is 4.72. The monoisotopic (exact) mass is 603 g/mol. The summed E-state index contributed by atoms with van der Waals surface area (Å²) in [4.78, 5) is 10.1. The Bertz CT molecular complexity index is 2700. The quantitative estimate of drug-likeness (QED) is 0.202. The average molecular weight is 604 g/mol. The van der Waals surface area contributed by atoms with Gasteiger partial charge in [-0.25, -0.2) is 4.98 Å². The second-order valence-corrected chi connectivity index (χ2v) is 13.0. The summed E-state index contributed by atoms with van der Waals surface area (Å²) in [5.74, 6) is 0.640. The summed E-state index contributed by atoms with van der Waals surface area (Å²) in [6.07, 6.45) is 0. The molecule has 0 unspecified atom stereocenters. The Morgan fingerprint density at radius 3 is 2.15 bits per heavy atom. The van der Waals surface area contributed by atoms with E-state index in [2.05, 4.69) is 122 Å². The Labute approximate surface area is 271 Å². The first-order valence-corrected chi connectivity index (χ1v) is 16.1. The smallest absolute Gasteiger partial charge is 0.231 e. The maximum atomic E-state index is 6.29. The van der Waals surface area contributed by atoms with Crippen molar-refractivity contribution in [3.05, 3.63) is 151 Å². The standard InChI is InChI=1S/C43H29N3O/c1-43(2)34-17-9-6-14-29(34)31-24-25-32-30-15-7-10-18-35(30)46(40(32)38(31)43)28-22-20-27(21-23-28)41-44-39(26-12-4-3-5-13-26)37-33-16-8-11-19-36(33)47-42(37)45-41/h3-25H,1-2H3. The highest BCUT2D eigenvalue weighted by Gasteiger charge is 2.38. The third kappa shape index (κ3) is 3.64. The van der Waals surface area contributed by atoms with Crippen LogP contribution in [-0.4, -0.2) is 14.5 Å². The zero-order valence-corrected chi connectivity index (χ0v) is 26.0. The van der Waals surface area contributed by atoms with Crippen LogP contribution in [0.3, 0.4) is 0 Å². The van der Waals surface area contributed by atoms with Crippen LogP contribution in [0.4, 0.5) is 0 Å². The van der Waals surface area contributed by atoms with Crippen molar-refractivity contribution in [3.63, 3.8) is 0 Å². The largest absolute Gasteiger partial charge is 0.438 e. The van der Waals surface area contributed by atoms with Gasteiger partial charge in [-0.2, -0.15) is 4.98 Å². The van der Waals surface area contributed by atoms with E-state index in [9.17, 15) is 0 Å². The molecule has 0 aliphatic heterocycles. The van der Waals surface area contributed by atoms with E-state index in [1.807, 2.05) is 36.4 Å². The lowest BCUT2D eigenvalue weighted by Gasteiger charge is -2.23. The number of rotatable bonds is 3. The molecular weight excluding hydrogens is 574 g/mol. The first-order chi connectivity index (χ1) is 23.1. The highest BCUT2D eigenvalue weighted by Crippen LogP contribution is 2.53. The molecule has 3 heterocycles. The maximum absolute atomic E-state index is 6.29. The lowest BCUT2D eigenvalue weighted by Crippen LogP contribution is -2.16. The van der Waals surface area contributed by atoms with Gasteiger partial charge < -0.3 is 8.98 Å². The molecule has 1 aliphatic carbocycles. The van der Waals surface area contributed by atoms with Gasteiger partial charge in [-0.05, 0) is 58.7 Å². The first-order valence-electron chi connectivity index (χ1n) is 16.1. The predicted octanol–water partition coefficient (Wildman–Crippen LogP) is 11.1. The summed E-state index contributed by atoms with van der Waals surface area (Å²) < 4.78 is 8.73. The highest BCUT2D eigenvalue weighted by molar-refractivity contribution is 6.13. The predicted molar refractivity (Wildman–Crippen MR) is 192 cm³/mol. The number of hydrogen-bond donors (Lipinski definition) is 0. The zero-order chi connectivity index (χ0) is 31.3. The van der Waals surface area contributed by atoms with Crippen LogP contribution in [0.5, 0.6) is 0 Å². The van der Waals surface area contributed by atoms with Crippen LogP contribution in [-0.2, 0) is 5.41 Å². The van der Waals surface area contributed by atoms with E-state index in [1.165, 1.54) is 44.1 Å². The van der Waals surface area contributed by atoms with Crippen molar-refractivity contribution < 1.29 is 4.42 Å². The molecule has 222 valence electrons. The van der Waals surface area contributed by atoms with Gasteiger partial charge in [0.25, 0.3) is 0 Å². The number of furan rings is 1. The zero-order valence-electron chi connectivity index (χ0n) is 26.0. The highest BCUT2D eigenvalue weighted by atomic mass is 16.3. The minimum atomic E-state index is -0.138. The van der Waals surface area contributed by atoms with Gasteiger partial charge in [0.15, 0.2) is 5.82 Å². The van der Waals surface area contributed by atoms with Crippen LogP contribution < -0.4 is 0 Å². The van der Waals surface area contributed by atoms with E-state index in [-0.39, 0.29) is 5.41 Å². The molecule has 4 nitrogen and oxygen atoms in total. The van der Waals surface area contributed by atoms with Crippen molar-refractivity contribution in [1.29, 1.82) is 0 Å². The number of nitrogens with zero attached hydrogens (tertiary/aromatic N) is 3. The van der Waals surface area contributed by atoms with E-state index in [0.29, 0.717) is 11.5 Å². The van der Waals surface area contributed by atoms with Gasteiger partial charge in [0, 0.05) is 38.4 Å². The molecule has 0 amide bonds. The molecule has 0 atom stereocenters. The van der Waals surface area contributed by atoms with E-state index < -0.39 is 0 Å². The number of para-hydroxylation sites is 2. The van der Waals surface area contributed by atoms with Gasteiger partial charge >= 0.3 is 0 Å². The summed E-state index contributed by atoms with van der Waals surface area (Å²) in [5, 5.41) is 4.49. The molecule has 10 rings (SSSR count). The fourth-order valence-electron chi connectivity index (χ4n) is 7.90. The number of hydrogen-bond acceptors (Lipinski definition) is 3. The topological polar surface area (TPSA) is 43.9 Å². The summed E-state index contributed by atoms with van der Waals surface area (Å²) in [5.41, 5.74) is 13.1. The minimum absolute atomic E-state index is 0.138. The van der Waals surface area contributed by atoms with Crippen molar-refractivity contribution >= 4 is 43.9 Å². The second-order valence-electron chi connectivity index (χ2n) is 13.0. The van der Waals surface area contributed by atoms with Gasteiger partial charge in [-0.15, -0.1) is 0 Å². The Balaban J connectivity index is 1.18. The lowest BCUT2D eigenvalue weighted by molar-refractivity contribution is 0.653. The van der Waals surface area contributed by atoms with Crippen LogP contribution in [0.1, 0.15) is 25.0 Å². The van der Waals surface area contributed by atoms with Gasteiger partial charge in [-0.1, -0.05) is 117 Å². The molecule has 47 heavy (non-hydrogen) atoms. The third-order valence-corrected chi connectivity index (χ3v) is 10.0. The van der Waals surface area contributed by atoms with Crippen molar-refractivity contribution in [3.8, 4) is 39.5 Å². The molecule has 1 aliphatic rings. The van der Waals surface area contributed by atoms with E-state index in [0.717, 1.165) is 38.9 Å². The Kier molecular flexibility index (Phi) is 5.31. The number of fused-ring (bicyclic) bond motifs is 10. The Hall–Kier alpha value is -6.00. The molecule has 0 radical (unpaired) electrons. The van der Waals surface area contributed by atoms with Crippen LogP contribution >= 0.6 is 0 Å². The van der Waals surface area contributed by atoms with Crippen LogP contribution in [0, 0.1) is 0 Å². The van der Waals surface area contributed by atoms with E-state index in [4.69, 9.17) is 14.4 Å². The fourth-order valence-corrected chi connectivity index (χ4v) is 7.90. The van der Waals surface area contributed by atoms with Crippen molar-refractivity contribution in [2.75, 3.05) is 0 Å². The van der Waals surface area contributed by atoms with Crippen LogP contribution in [0.25, 0.3) is 83.3 Å². The fraction of sp³-hybridized carbons (Fsp3) is 0.0698. The van der Waals surface area contributed by atoms with Gasteiger partial charge in [0.2, 0.25) is 5.71 Å². The number of benzene rings is 6. The van der Waals surface area contributed by atoms with Crippen LogP contribution in [0.2, 0.25) is 0 Å². The molecule has 3 aromatic heterocycles. The molecule has 0 spiro atoms. The Morgan fingerprint density at radius 2 is 1.30 bits per heavy atom. The minimum Gasteiger partial charge on any atom is -0.438 e. The molecule has 0 saturated carbocycles. The summed E-state index contributed by atoms with van der Waals surface area (Å²) in [7, 11) is 0. The second kappa shape index (κ2) is 9.51.